The zero-order valence-electron chi connectivity index (χ0n) is 33.1. The van der Waals surface area contributed by atoms with Crippen molar-refractivity contribution in [2.24, 2.45) is 0 Å². The molecule has 2 heterocycles. The average molecular weight is 557 g/mol. The Kier molecular flexibility index (Phi) is 4.35. The minimum atomic E-state index is -0.207. The maximum Gasteiger partial charge on any atom is 0.0645 e. The first-order valence-corrected chi connectivity index (χ1v) is 14.7. The molecule has 0 amide bonds. The number of benzene rings is 5. The van der Waals surface area contributed by atoms with Crippen molar-refractivity contribution in [1.82, 2.24) is 9.13 Å². The van der Waals surface area contributed by atoms with Crippen LogP contribution in [-0.4, -0.2) is 9.13 Å². The summed E-state index contributed by atoms with van der Waals surface area (Å²) in [4.78, 5) is 0. The van der Waals surface area contributed by atoms with E-state index in [0.29, 0.717) is 44.2 Å². The van der Waals surface area contributed by atoms with E-state index in [1.807, 2.05) is 45.5 Å². The van der Waals surface area contributed by atoms with Crippen LogP contribution < -0.4 is 0 Å². The Bertz CT molecular complexity index is 2380. The maximum absolute atomic E-state index is 9.29. The highest BCUT2D eigenvalue weighted by atomic mass is 15.0. The standard InChI is InChI=1S/C40H40N2/c1-7-39(3,4)27-20-22-37-33(24-27)31-16-9-11-18-35(31)41(37)29-14-13-15-30(26-29)42-36-19-12-10-17-32(36)34-25-28(21-23-38(34)42)40(5,6)8-2/h9-26H,7-8H2,1-6H3/i9D,10D,11D,12D,18D,19D,22D,23D. The van der Waals surface area contributed by atoms with Crippen LogP contribution >= 0.6 is 0 Å². The molecule has 42 heavy (non-hydrogen) atoms. The minimum absolute atomic E-state index is 0.0520. The van der Waals surface area contributed by atoms with Gasteiger partial charge in [-0.05, 0) is 89.3 Å². The highest BCUT2D eigenvalue weighted by Crippen LogP contribution is 2.39. The summed E-state index contributed by atoms with van der Waals surface area (Å²) in [5, 5.41) is 2.74. The molecule has 0 N–H and O–H groups in total. The number of fused-ring (bicyclic) bond motifs is 6. The van der Waals surface area contributed by atoms with Gasteiger partial charge in [0, 0.05) is 32.9 Å². The molecular formula is C40H40N2. The van der Waals surface area contributed by atoms with Gasteiger partial charge in [0.2, 0.25) is 0 Å². The van der Waals surface area contributed by atoms with Gasteiger partial charge in [0.25, 0.3) is 0 Å². The zero-order valence-corrected chi connectivity index (χ0v) is 25.1. The topological polar surface area (TPSA) is 9.86 Å². The molecule has 0 aliphatic rings. The maximum atomic E-state index is 9.29. The summed E-state index contributed by atoms with van der Waals surface area (Å²) >= 11 is 0. The molecule has 0 bridgehead atoms. The largest absolute Gasteiger partial charge is 0.309 e. The number of hydrogen-bond acceptors (Lipinski definition) is 0. The lowest BCUT2D eigenvalue weighted by atomic mass is 9.82. The van der Waals surface area contributed by atoms with Crippen LogP contribution in [0.1, 0.15) is 76.5 Å². The van der Waals surface area contributed by atoms with Gasteiger partial charge >= 0.3 is 0 Å². The number of rotatable bonds is 6. The van der Waals surface area contributed by atoms with Crippen molar-refractivity contribution in [3.8, 4) is 11.4 Å². The van der Waals surface area contributed by atoms with Gasteiger partial charge in [0.15, 0.2) is 0 Å². The predicted molar refractivity (Wildman–Crippen MR) is 182 cm³/mol. The Hall–Kier alpha value is -4.30. The second kappa shape index (κ2) is 9.63. The molecule has 7 rings (SSSR count). The van der Waals surface area contributed by atoms with Gasteiger partial charge in [-0.2, -0.15) is 0 Å². The van der Waals surface area contributed by atoms with E-state index >= 15 is 0 Å². The van der Waals surface area contributed by atoms with Gasteiger partial charge in [-0.3, -0.25) is 0 Å². The van der Waals surface area contributed by atoms with Crippen LogP contribution in [0.5, 0.6) is 0 Å². The number of para-hydroxylation sites is 2. The normalized spacial score (nSPS) is 15.4. The lowest BCUT2D eigenvalue weighted by molar-refractivity contribution is 0.507. The third kappa shape index (κ3) is 4.00. The average Bonchev–Trinajstić information content (AvgIpc) is 3.60. The van der Waals surface area contributed by atoms with Crippen LogP contribution in [-0.2, 0) is 10.8 Å². The highest BCUT2D eigenvalue weighted by Gasteiger charge is 2.22. The van der Waals surface area contributed by atoms with Crippen molar-refractivity contribution in [3.05, 3.63) is 120 Å². The van der Waals surface area contributed by atoms with Gasteiger partial charge in [-0.15, -0.1) is 0 Å². The van der Waals surface area contributed by atoms with Crippen molar-refractivity contribution >= 4 is 43.6 Å². The fraction of sp³-hybridized carbons (Fsp3) is 0.250. The van der Waals surface area contributed by atoms with Gasteiger partial charge in [-0.25, -0.2) is 0 Å². The van der Waals surface area contributed by atoms with Crippen molar-refractivity contribution in [3.63, 3.8) is 0 Å². The number of hydrogen-bond donors (Lipinski definition) is 0. The van der Waals surface area contributed by atoms with Crippen molar-refractivity contribution in [2.45, 2.75) is 65.2 Å². The monoisotopic (exact) mass is 556 g/mol. The van der Waals surface area contributed by atoms with E-state index in [-0.39, 0.29) is 59.2 Å². The van der Waals surface area contributed by atoms with E-state index in [9.17, 15) is 2.74 Å². The summed E-state index contributed by atoms with van der Waals surface area (Å²) < 4.78 is 74.4. The smallest absolute Gasteiger partial charge is 0.0645 e. The molecule has 7 aromatic rings. The van der Waals surface area contributed by atoms with E-state index in [2.05, 4.69) is 53.7 Å². The third-order valence-corrected chi connectivity index (χ3v) is 9.44. The molecule has 0 aliphatic heterocycles. The fourth-order valence-corrected chi connectivity index (χ4v) is 5.90. The van der Waals surface area contributed by atoms with Gasteiger partial charge < -0.3 is 9.13 Å². The Morgan fingerprint density at radius 1 is 0.524 bits per heavy atom. The van der Waals surface area contributed by atoms with E-state index in [4.69, 9.17) is 8.22 Å². The lowest BCUT2D eigenvalue weighted by Crippen LogP contribution is -2.15. The highest BCUT2D eigenvalue weighted by molar-refractivity contribution is 6.11. The Balaban J connectivity index is 1.60. The molecular weight excluding hydrogens is 508 g/mol. The summed E-state index contributed by atoms with van der Waals surface area (Å²) in [6, 6.07) is 18.4. The van der Waals surface area contributed by atoms with Crippen LogP contribution in [0.25, 0.3) is 55.0 Å². The minimum Gasteiger partial charge on any atom is -0.309 e. The SMILES string of the molecule is [2H]c1cc2c3cc(C(C)(C)CC)cc([2H])c3n(-c3cccc(-n4c5c([2H])cc(C(C)(C)CC)cc5c5cc([2H])c([2H])c([2H])c54)c3)c2c([2H])c1[2H]. The lowest BCUT2D eigenvalue weighted by Gasteiger charge is -2.23. The van der Waals surface area contributed by atoms with E-state index < -0.39 is 0 Å². The summed E-state index contributed by atoms with van der Waals surface area (Å²) in [5.74, 6) is 0. The summed E-state index contributed by atoms with van der Waals surface area (Å²) in [6.07, 6.45) is 1.72. The molecule has 0 unspecified atom stereocenters. The predicted octanol–water partition coefficient (Wildman–Crippen LogP) is 11.3. The molecule has 0 saturated carbocycles. The van der Waals surface area contributed by atoms with Crippen molar-refractivity contribution in [2.75, 3.05) is 0 Å². The van der Waals surface area contributed by atoms with E-state index in [1.165, 1.54) is 0 Å². The quantitative estimate of drug-likeness (QED) is 0.193. The van der Waals surface area contributed by atoms with Crippen LogP contribution in [0.15, 0.2) is 109 Å². The molecule has 210 valence electrons. The van der Waals surface area contributed by atoms with Gasteiger partial charge in [0.05, 0.1) is 33.0 Å². The molecule has 0 atom stereocenters. The van der Waals surface area contributed by atoms with Crippen LogP contribution in [0, 0.1) is 0 Å². The van der Waals surface area contributed by atoms with Crippen LogP contribution in [0.3, 0.4) is 0 Å². The molecule has 2 aromatic heterocycles. The third-order valence-electron chi connectivity index (χ3n) is 9.44. The zero-order chi connectivity index (χ0) is 36.2. The molecule has 0 saturated heterocycles. The van der Waals surface area contributed by atoms with Crippen LogP contribution in [0.2, 0.25) is 0 Å². The first-order valence-electron chi connectivity index (χ1n) is 18.7. The first kappa shape index (κ1) is 19.0. The van der Waals surface area contributed by atoms with Gasteiger partial charge in [-0.1, -0.05) is 96.0 Å². The molecule has 2 nitrogen and oxygen atoms in total. The number of aromatic nitrogens is 2. The second-order valence-electron chi connectivity index (χ2n) is 12.6. The summed E-state index contributed by atoms with van der Waals surface area (Å²) in [5.41, 5.74) is 4.78. The number of nitrogens with zero attached hydrogens (tertiary/aromatic N) is 2. The van der Waals surface area contributed by atoms with E-state index in [1.54, 1.807) is 12.1 Å². The first-order chi connectivity index (χ1) is 23.5. The molecule has 0 spiro atoms. The van der Waals surface area contributed by atoms with Gasteiger partial charge in [0.1, 0.15) is 0 Å². The Morgan fingerprint density at radius 3 is 1.38 bits per heavy atom. The fourth-order valence-electron chi connectivity index (χ4n) is 5.90. The Morgan fingerprint density at radius 2 is 0.952 bits per heavy atom. The molecule has 0 aliphatic carbocycles. The van der Waals surface area contributed by atoms with Crippen molar-refractivity contribution in [1.29, 1.82) is 0 Å². The van der Waals surface area contributed by atoms with E-state index in [0.717, 1.165) is 34.7 Å². The Labute approximate surface area is 260 Å². The molecule has 0 fully saturated rings. The van der Waals surface area contributed by atoms with Crippen molar-refractivity contribution < 1.29 is 11.0 Å². The molecule has 2 heteroatoms. The molecule has 5 aromatic carbocycles. The summed E-state index contributed by atoms with van der Waals surface area (Å²) in [7, 11) is 0. The second-order valence-corrected chi connectivity index (χ2v) is 12.6. The summed E-state index contributed by atoms with van der Waals surface area (Å²) in [6.45, 7) is 12.8. The van der Waals surface area contributed by atoms with Crippen LogP contribution in [0.4, 0.5) is 0 Å². The molecule has 0 radical (unpaired) electrons.